The molecule has 212 valence electrons. The number of aromatic nitrogens is 2. The number of likely N-dealkylation sites (N-methyl/N-ethyl adjacent to an activating group) is 1. The zero-order valence-electron chi connectivity index (χ0n) is 23.6. The highest BCUT2D eigenvalue weighted by atomic mass is 32.2. The Hall–Kier alpha value is -3.89. The van der Waals surface area contributed by atoms with E-state index in [-0.39, 0.29) is 10.7 Å². The maximum Gasteiger partial charge on any atom is 0.264 e. The Morgan fingerprint density at radius 2 is 1.73 bits per heavy atom. The van der Waals surface area contributed by atoms with E-state index in [1.807, 2.05) is 49.5 Å². The van der Waals surface area contributed by atoms with Crippen molar-refractivity contribution in [2.75, 3.05) is 37.6 Å². The summed E-state index contributed by atoms with van der Waals surface area (Å²) in [6.07, 6.45) is 1.50. The number of benzene rings is 3. The van der Waals surface area contributed by atoms with Gasteiger partial charge in [-0.15, -0.1) is 0 Å². The molecule has 4 rings (SSSR count). The third kappa shape index (κ3) is 6.29. The van der Waals surface area contributed by atoms with Crippen LogP contribution in [0.4, 0.5) is 5.69 Å². The van der Waals surface area contributed by atoms with Gasteiger partial charge in [-0.05, 0) is 55.4 Å². The van der Waals surface area contributed by atoms with Crippen LogP contribution in [0.3, 0.4) is 0 Å². The number of sulfonamides is 1. The van der Waals surface area contributed by atoms with Crippen LogP contribution in [0.1, 0.15) is 30.8 Å². The number of fused-ring (bicyclic) bond motifs is 1. The molecule has 1 heterocycles. The topological polar surface area (TPSA) is 118 Å². The molecule has 40 heavy (non-hydrogen) atoms. The van der Waals surface area contributed by atoms with Crippen molar-refractivity contribution in [1.29, 1.82) is 5.41 Å². The van der Waals surface area contributed by atoms with Gasteiger partial charge in [0.25, 0.3) is 10.0 Å². The Balaban J connectivity index is 1.65. The summed E-state index contributed by atoms with van der Waals surface area (Å²) in [4.78, 5) is 7.27. The van der Waals surface area contributed by atoms with Crippen LogP contribution >= 0.6 is 0 Å². The number of rotatable bonds is 13. The molecule has 3 N–H and O–H groups in total. The molecule has 0 atom stereocenters. The van der Waals surface area contributed by atoms with E-state index in [0.717, 1.165) is 41.9 Å². The molecule has 0 fully saturated rings. The highest BCUT2D eigenvalue weighted by molar-refractivity contribution is 7.92. The van der Waals surface area contributed by atoms with E-state index in [1.165, 1.54) is 11.4 Å². The molecule has 4 aromatic rings. The normalized spacial score (nSPS) is 11.7. The first-order chi connectivity index (χ1) is 19.2. The van der Waals surface area contributed by atoms with E-state index in [0.29, 0.717) is 36.5 Å². The number of imidazole rings is 1. The van der Waals surface area contributed by atoms with E-state index in [1.54, 1.807) is 24.3 Å². The lowest BCUT2D eigenvalue weighted by molar-refractivity contribution is 0.313. The molecule has 0 saturated heterocycles. The number of hydrogen-bond acceptors (Lipinski definition) is 6. The van der Waals surface area contributed by atoms with Gasteiger partial charge in [0.2, 0.25) is 0 Å². The average molecular weight is 563 g/mol. The van der Waals surface area contributed by atoms with Gasteiger partial charge in [0.1, 0.15) is 17.4 Å². The summed E-state index contributed by atoms with van der Waals surface area (Å²) in [7, 11) is -0.353. The van der Waals surface area contributed by atoms with Gasteiger partial charge < -0.3 is 19.9 Å². The van der Waals surface area contributed by atoms with Crippen molar-refractivity contribution in [3.8, 4) is 5.75 Å². The first-order valence-electron chi connectivity index (χ1n) is 13.5. The number of nitrogens with zero attached hydrogens (tertiary/aromatic N) is 4. The van der Waals surface area contributed by atoms with Crippen molar-refractivity contribution in [2.45, 2.75) is 31.6 Å². The van der Waals surface area contributed by atoms with Crippen LogP contribution in [0.25, 0.3) is 11.0 Å². The van der Waals surface area contributed by atoms with Crippen LogP contribution in [0.15, 0.2) is 71.6 Å². The van der Waals surface area contributed by atoms with Crippen molar-refractivity contribution in [3.63, 3.8) is 0 Å². The molecule has 1 aromatic heterocycles. The molecule has 0 aliphatic rings. The first kappa shape index (κ1) is 29.1. The minimum Gasteiger partial charge on any atom is -0.497 e. The number of amidine groups is 1. The molecular formula is C30H38N6O3S. The van der Waals surface area contributed by atoms with E-state index in [2.05, 4.69) is 23.3 Å². The van der Waals surface area contributed by atoms with Crippen molar-refractivity contribution < 1.29 is 13.2 Å². The van der Waals surface area contributed by atoms with Crippen LogP contribution in [-0.2, 0) is 29.9 Å². The highest BCUT2D eigenvalue weighted by Crippen LogP contribution is 2.29. The fourth-order valence-corrected chi connectivity index (χ4v) is 6.26. The predicted molar refractivity (Wildman–Crippen MR) is 161 cm³/mol. The third-order valence-electron chi connectivity index (χ3n) is 7.29. The van der Waals surface area contributed by atoms with Crippen LogP contribution in [0.5, 0.6) is 5.75 Å². The first-order valence-corrected chi connectivity index (χ1v) is 14.9. The molecule has 0 saturated carbocycles. The molecule has 9 nitrogen and oxygen atoms in total. The molecule has 0 spiro atoms. The second-order valence-corrected chi connectivity index (χ2v) is 11.5. The molecule has 0 bridgehead atoms. The van der Waals surface area contributed by atoms with E-state index in [4.69, 9.17) is 20.9 Å². The number of methoxy groups -OCH3 is 1. The fourth-order valence-electron chi connectivity index (χ4n) is 4.77. The van der Waals surface area contributed by atoms with Crippen LogP contribution in [0, 0.1) is 5.41 Å². The van der Waals surface area contributed by atoms with Crippen molar-refractivity contribution in [2.24, 2.45) is 12.8 Å². The Kier molecular flexibility index (Phi) is 9.11. The van der Waals surface area contributed by atoms with Crippen molar-refractivity contribution in [1.82, 2.24) is 14.5 Å². The van der Waals surface area contributed by atoms with Crippen molar-refractivity contribution in [3.05, 3.63) is 83.7 Å². The monoisotopic (exact) mass is 562 g/mol. The van der Waals surface area contributed by atoms with Gasteiger partial charge in [-0.1, -0.05) is 44.2 Å². The smallest absolute Gasteiger partial charge is 0.264 e. The SMILES string of the molecule is CCN(CC)CCN(c1ccc2c(c1)nc(CCc1ccc(C(=N)N)cc1)n2C)S(=O)(=O)c1cccc(OC)c1. The standard InChI is InChI=1S/C30H38N6O3S/c1-5-35(6-2)18-19-36(40(37,38)26-9-7-8-25(21-26)39-4)24-15-16-28-27(20-24)33-29(34(28)3)17-12-22-10-13-23(14-11-22)30(31)32/h7-11,13-16,20-21H,5-6,12,17-19H2,1-4H3,(H3,31,32). The Labute approximate surface area is 236 Å². The lowest BCUT2D eigenvalue weighted by Crippen LogP contribution is -2.38. The highest BCUT2D eigenvalue weighted by Gasteiger charge is 2.26. The van der Waals surface area contributed by atoms with Gasteiger partial charge >= 0.3 is 0 Å². The summed E-state index contributed by atoms with van der Waals surface area (Å²) in [5.41, 5.74) is 9.66. The van der Waals surface area contributed by atoms with Crippen LogP contribution in [-0.4, -0.2) is 62.0 Å². The minimum atomic E-state index is -3.86. The second kappa shape index (κ2) is 12.5. The van der Waals surface area contributed by atoms with E-state index < -0.39 is 10.0 Å². The summed E-state index contributed by atoms with van der Waals surface area (Å²) in [6, 6.07) is 19.9. The molecule has 0 amide bonds. The molecular weight excluding hydrogens is 524 g/mol. The minimum absolute atomic E-state index is 0.0530. The lowest BCUT2D eigenvalue weighted by Gasteiger charge is -2.28. The number of anilines is 1. The van der Waals surface area contributed by atoms with Gasteiger partial charge in [0, 0.05) is 38.2 Å². The van der Waals surface area contributed by atoms with Gasteiger partial charge in [0.15, 0.2) is 0 Å². The fraction of sp³-hybridized carbons (Fsp3) is 0.333. The molecule has 0 unspecified atom stereocenters. The van der Waals surface area contributed by atoms with Gasteiger partial charge in [-0.3, -0.25) is 9.71 Å². The van der Waals surface area contributed by atoms with Gasteiger partial charge in [-0.2, -0.15) is 0 Å². The lowest BCUT2D eigenvalue weighted by atomic mass is 10.1. The second-order valence-electron chi connectivity index (χ2n) is 9.65. The number of nitrogens with two attached hydrogens (primary N) is 1. The molecule has 10 heteroatoms. The van der Waals surface area contributed by atoms with Gasteiger partial charge in [-0.25, -0.2) is 13.4 Å². The number of ether oxygens (including phenoxy) is 1. The predicted octanol–water partition coefficient (Wildman–Crippen LogP) is 4.19. The summed E-state index contributed by atoms with van der Waals surface area (Å²) >= 11 is 0. The summed E-state index contributed by atoms with van der Waals surface area (Å²) in [5.74, 6) is 1.45. The molecule has 0 aliphatic heterocycles. The zero-order valence-corrected chi connectivity index (χ0v) is 24.4. The Morgan fingerprint density at radius 3 is 2.38 bits per heavy atom. The van der Waals surface area contributed by atoms with E-state index >= 15 is 0 Å². The van der Waals surface area contributed by atoms with Crippen molar-refractivity contribution >= 4 is 32.6 Å². The summed E-state index contributed by atoms with van der Waals surface area (Å²) < 4.78 is 36.7. The zero-order chi connectivity index (χ0) is 28.9. The van der Waals surface area contributed by atoms with Gasteiger partial charge in [0.05, 0.1) is 28.7 Å². The molecule has 0 aliphatic carbocycles. The van der Waals surface area contributed by atoms with E-state index in [9.17, 15) is 8.42 Å². The third-order valence-corrected chi connectivity index (χ3v) is 9.11. The maximum absolute atomic E-state index is 13.9. The number of nitrogens with one attached hydrogen (secondary N) is 1. The number of hydrogen-bond donors (Lipinski definition) is 2. The quantitative estimate of drug-likeness (QED) is 0.186. The summed E-state index contributed by atoms with van der Waals surface area (Å²) in [6.45, 7) is 6.73. The Morgan fingerprint density at radius 1 is 1.00 bits per heavy atom. The summed E-state index contributed by atoms with van der Waals surface area (Å²) in [5, 5.41) is 7.57. The Bertz CT molecular complexity index is 1580. The maximum atomic E-state index is 13.9. The number of nitrogen functional groups attached to an aromatic ring is 1. The van der Waals surface area contributed by atoms with Crippen LogP contribution < -0.4 is 14.8 Å². The van der Waals surface area contributed by atoms with Crippen LogP contribution in [0.2, 0.25) is 0 Å². The number of aryl methyl sites for hydroxylation is 3. The largest absolute Gasteiger partial charge is 0.497 e. The average Bonchev–Trinajstić information content (AvgIpc) is 3.28. The molecule has 0 radical (unpaired) electrons. The molecule has 3 aromatic carbocycles.